The molecule has 6 rings (SSSR count). The molecule has 0 radical (unpaired) electrons. The molecule has 3 aliphatic heterocycles. The number of hydrogen-bond donors (Lipinski definition) is 2. The number of carbonyl (C=O) groups excluding carboxylic acids is 2. The van der Waals surface area contributed by atoms with Crippen LogP contribution < -0.4 is 13.7 Å². The van der Waals surface area contributed by atoms with E-state index in [1.165, 1.54) is 28.2 Å². The highest BCUT2D eigenvalue weighted by Gasteiger charge is 2.49. The van der Waals surface area contributed by atoms with Crippen molar-refractivity contribution in [3.63, 3.8) is 0 Å². The van der Waals surface area contributed by atoms with Crippen molar-refractivity contribution in [1.29, 1.82) is 0 Å². The van der Waals surface area contributed by atoms with Gasteiger partial charge < -0.3 is 23.7 Å². The number of alkyl halides is 6. The van der Waals surface area contributed by atoms with Crippen LogP contribution in [-0.4, -0.2) is 93.4 Å². The summed E-state index contributed by atoms with van der Waals surface area (Å²) >= 11 is 0. The van der Waals surface area contributed by atoms with Crippen LogP contribution in [-0.2, 0) is 46.0 Å². The Balaban J connectivity index is 0.000000239. The van der Waals surface area contributed by atoms with Crippen LogP contribution in [0, 0.1) is 0 Å². The third kappa shape index (κ3) is 9.82. The molecule has 294 valence electrons. The Morgan fingerprint density at radius 2 is 1.26 bits per heavy atom. The van der Waals surface area contributed by atoms with Gasteiger partial charge >= 0.3 is 31.3 Å². The van der Waals surface area contributed by atoms with Crippen molar-refractivity contribution < 1.29 is 66.2 Å². The number of rotatable bonds is 8. The molecule has 0 aromatic heterocycles. The van der Waals surface area contributed by atoms with Crippen molar-refractivity contribution in [2.24, 2.45) is 0 Å². The average molecular weight is 808 g/mol. The van der Waals surface area contributed by atoms with Crippen molar-refractivity contribution in [1.82, 2.24) is 15.1 Å². The molecule has 3 aromatic carbocycles. The number of amides is 2. The van der Waals surface area contributed by atoms with Crippen LogP contribution >= 0.6 is 0 Å². The molecule has 1 unspecified atom stereocenters. The van der Waals surface area contributed by atoms with Gasteiger partial charge in [-0.15, -0.1) is 0 Å². The van der Waals surface area contributed by atoms with Crippen molar-refractivity contribution in [3.05, 3.63) is 94.0 Å². The molecule has 0 bridgehead atoms. The maximum Gasteiger partial charge on any atom is 0.534 e. The first kappa shape index (κ1) is 40.8. The van der Waals surface area contributed by atoms with Crippen LogP contribution in [0.1, 0.15) is 55.8 Å². The number of hydrogen-bond acceptors (Lipinski definition) is 10. The summed E-state index contributed by atoms with van der Waals surface area (Å²) in [7, 11) is -11.5. The summed E-state index contributed by atoms with van der Waals surface area (Å²) in [5, 5.41) is 13.3. The fourth-order valence-corrected chi connectivity index (χ4v) is 7.14. The van der Waals surface area contributed by atoms with E-state index in [1.54, 1.807) is 0 Å². The summed E-state index contributed by atoms with van der Waals surface area (Å²) in [6.07, 6.45) is 2.05. The third-order valence-electron chi connectivity index (χ3n) is 8.79. The van der Waals surface area contributed by atoms with Crippen molar-refractivity contribution >= 4 is 32.1 Å². The van der Waals surface area contributed by atoms with Gasteiger partial charge in [-0.05, 0) is 90.8 Å². The number of aliphatic hydroxyl groups is 1. The minimum Gasteiger partial charge on any atom is -0.390 e. The second kappa shape index (κ2) is 16.1. The minimum absolute atomic E-state index is 0.122. The van der Waals surface area contributed by atoms with E-state index in [0.717, 1.165) is 43.8 Å². The van der Waals surface area contributed by atoms with E-state index in [4.69, 9.17) is 0 Å². The summed E-state index contributed by atoms with van der Waals surface area (Å²) < 4.78 is 127. The molecular formula is C34H35F6N3O9S2. The molecule has 3 heterocycles. The van der Waals surface area contributed by atoms with E-state index in [2.05, 4.69) is 30.7 Å². The Morgan fingerprint density at radius 1 is 0.704 bits per heavy atom. The number of carbonyl (C=O) groups is 2. The van der Waals surface area contributed by atoms with E-state index in [-0.39, 0.29) is 23.9 Å². The summed E-state index contributed by atoms with van der Waals surface area (Å²) in [5.74, 6) is -1.66. The van der Waals surface area contributed by atoms with Gasteiger partial charge in [0.1, 0.15) is 11.5 Å². The maximum absolute atomic E-state index is 13.0. The molecule has 20 heteroatoms. The monoisotopic (exact) mass is 807 g/mol. The Bertz CT molecular complexity index is 2090. The van der Waals surface area contributed by atoms with Crippen LogP contribution in [0.5, 0.6) is 11.5 Å². The largest absolute Gasteiger partial charge is 0.534 e. The van der Waals surface area contributed by atoms with Crippen LogP contribution in [0.4, 0.5) is 26.3 Å². The van der Waals surface area contributed by atoms with Crippen molar-refractivity contribution in [2.45, 2.75) is 55.8 Å². The van der Waals surface area contributed by atoms with Gasteiger partial charge in [0.2, 0.25) is 0 Å². The zero-order valence-electron chi connectivity index (χ0n) is 28.3. The highest BCUT2D eigenvalue weighted by atomic mass is 32.2. The summed E-state index contributed by atoms with van der Waals surface area (Å²) in [6, 6.07) is 15.0. The molecule has 0 spiro atoms. The lowest BCUT2D eigenvalue weighted by Gasteiger charge is -2.32. The highest BCUT2D eigenvalue weighted by Crippen LogP contribution is 2.31. The summed E-state index contributed by atoms with van der Waals surface area (Å²) in [6.45, 7) is 2.89. The lowest BCUT2D eigenvalue weighted by atomic mass is 10.00. The Hall–Kier alpha value is -4.40. The zero-order chi connectivity index (χ0) is 39.5. The van der Waals surface area contributed by atoms with Crippen LogP contribution in [0.2, 0.25) is 0 Å². The molecule has 54 heavy (non-hydrogen) atoms. The lowest BCUT2D eigenvalue weighted by molar-refractivity contribution is -0.0504. The molecule has 0 saturated carbocycles. The first-order chi connectivity index (χ1) is 25.2. The fourth-order valence-electron chi connectivity index (χ4n) is 6.24. The fraction of sp³-hybridized carbons (Fsp3) is 0.412. The summed E-state index contributed by atoms with van der Waals surface area (Å²) in [5.41, 5.74) is -7.08. The lowest BCUT2D eigenvalue weighted by Crippen LogP contribution is -2.44. The van der Waals surface area contributed by atoms with Crippen molar-refractivity contribution in [2.75, 3.05) is 32.7 Å². The zero-order valence-corrected chi connectivity index (χ0v) is 30.0. The molecule has 1 atom stereocenters. The predicted octanol–water partition coefficient (Wildman–Crippen LogP) is 4.31. The molecule has 2 amide bonds. The molecular weight excluding hydrogens is 773 g/mol. The standard InChI is InChI=1S/C23H25F3N2O5S.C11H10F3NO4S/c24-23(25,26)34(31,32)33-20-7-8-21-17(12-20)6-3-10-28(22(21)30)15-19(29)14-27-11-9-16-4-1-2-5-18(16)13-27;12-11(13,14)20(17,18)19-8-3-4-9-7(6-8)2-1-5-15-10(9)16/h1-2,4-5,7-8,12,19,29H,3,6,9-11,13-15H2;3-4,6H,1-2,5H2,(H,15,16). The van der Waals surface area contributed by atoms with Gasteiger partial charge in [0.25, 0.3) is 11.8 Å². The molecule has 12 nitrogen and oxygen atoms in total. The first-order valence-electron chi connectivity index (χ1n) is 16.6. The first-order valence-corrected chi connectivity index (χ1v) is 19.4. The SMILES string of the molecule is O=C1NCCCc2cc(OS(=O)(=O)C(F)(F)F)ccc21.O=C1c2ccc(OS(=O)(=O)C(F)(F)F)cc2CCCN1CC(O)CN1CCc2ccccc2C1. The number of β-amino-alcohol motifs (C(OH)–C–C–N with tert-alkyl or cyclic N) is 1. The molecule has 0 fully saturated rings. The topological polar surface area (TPSA) is 160 Å². The van der Waals surface area contributed by atoms with E-state index in [0.29, 0.717) is 62.0 Å². The quantitative estimate of drug-likeness (QED) is 0.191. The van der Waals surface area contributed by atoms with Gasteiger partial charge in [-0.25, -0.2) is 0 Å². The maximum atomic E-state index is 13.0. The van der Waals surface area contributed by atoms with Gasteiger partial charge in [-0.1, -0.05) is 24.3 Å². The van der Waals surface area contributed by atoms with Gasteiger partial charge in [0.05, 0.1) is 6.10 Å². The predicted molar refractivity (Wildman–Crippen MR) is 180 cm³/mol. The number of nitrogens with zero attached hydrogens (tertiary/aromatic N) is 2. The van der Waals surface area contributed by atoms with E-state index in [9.17, 15) is 57.9 Å². The van der Waals surface area contributed by atoms with Crippen LogP contribution in [0.3, 0.4) is 0 Å². The normalized spacial score (nSPS) is 17.4. The van der Waals surface area contributed by atoms with E-state index >= 15 is 0 Å². The number of halogens is 6. The second-order valence-corrected chi connectivity index (χ2v) is 15.8. The third-order valence-corrected chi connectivity index (χ3v) is 10.7. The number of fused-ring (bicyclic) bond motifs is 3. The second-order valence-electron chi connectivity index (χ2n) is 12.7. The van der Waals surface area contributed by atoms with E-state index in [1.807, 2.05) is 12.1 Å². The van der Waals surface area contributed by atoms with E-state index < -0.39 is 48.9 Å². The van der Waals surface area contributed by atoms with Crippen molar-refractivity contribution in [3.8, 4) is 11.5 Å². The minimum atomic E-state index is -5.79. The smallest absolute Gasteiger partial charge is 0.390 e. The molecule has 0 aliphatic carbocycles. The van der Waals surface area contributed by atoms with Gasteiger partial charge in [-0.3, -0.25) is 14.5 Å². The Labute approximate surface area is 306 Å². The number of aryl methyl sites for hydroxylation is 2. The van der Waals surface area contributed by atoms with Gasteiger partial charge in [-0.2, -0.15) is 43.2 Å². The Morgan fingerprint density at radius 3 is 1.87 bits per heavy atom. The van der Waals surface area contributed by atoms with Crippen LogP contribution in [0.15, 0.2) is 60.7 Å². The van der Waals surface area contributed by atoms with Gasteiger partial charge in [0.15, 0.2) is 0 Å². The number of aliphatic hydroxyl groups excluding tert-OH is 1. The number of nitrogens with one attached hydrogen (secondary N) is 1. The molecule has 3 aromatic rings. The number of benzene rings is 3. The molecule has 2 N–H and O–H groups in total. The Kier molecular flexibility index (Phi) is 12.2. The molecule has 3 aliphatic rings. The molecule has 0 saturated heterocycles. The van der Waals surface area contributed by atoms with Gasteiger partial charge in [0, 0.05) is 50.4 Å². The average Bonchev–Trinajstić information content (AvgIpc) is 3.35. The van der Waals surface area contributed by atoms with Crippen LogP contribution in [0.25, 0.3) is 0 Å². The summed E-state index contributed by atoms with van der Waals surface area (Å²) in [4.78, 5) is 28.3. The highest BCUT2D eigenvalue weighted by molar-refractivity contribution is 7.88.